The molecule has 0 aliphatic carbocycles. The van der Waals surface area contributed by atoms with Crippen LogP contribution in [0.2, 0.25) is 0 Å². The van der Waals surface area contributed by atoms with Crippen molar-refractivity contribution in [2.45, 2.75) is 26.3 Å². The molecule has 0 radical (unpaired) electrons. The molecule has 0 spiro atoms. The molecule has 166 valence electrons. The Morgan fingerprint density at radius 1 is 1.26 bits per heavy atom. The van der Waals surface area contributed by atoms with E-state index in [1.54, 1.807) is 6.20 Å². The van der Waals surface area contributed by atoms with Crippen LogP contribution in [0.3, 0.4) is 0 Å². The predicted octanol–water partition coefficient (Wildman–Crippen LogP) is 2.31. The lowest BCUT2D eigenvalue weighted by atomic mass is 9.93. The number of aromatic nitrogens is 1. The average molecular weight is 426 g/mol. The number of hydrogen-bond donors (Lipinski definition) is 2. The normalized spacial score (nSPS) is 22.0. The van der Waals surface area contributed by atoms with Crippen molar-refractivity contribution in [1.82, 2.24) is 15.2 Å². The number of hydrogen-bond acceptors (Lipinski definition) is 4. The van der Waals surface area contributed by atoms with Crippen LogP contribution in [-0.2, 0) is 4.74 Å². The average Bonchev–Trinajstić information content (AvgIpc) is 2.82. The number of benzene rings is 1. The van der Waals surface area contributed by atoms with Gasteiger partial charge in [-0.1, -0.05) is 38.1 Å². The molecule has 31 heavy (non-hydrogen) atoms. The molecule has 2 aliphatic rings. The maximum atomic E-state index is 13.5. The number of carbonyl (C=O) groups excluding carboxylic acids is 1. The Balaban J connectivity index is 1.56. The van der Waals surface area contributed by atoms with E-state index in [1.165, 1.54) is 0 Å². The number of aliphatic hydroxyl groups is 1. The standard InChI is InChI=1S/C24H32N4O3/c1-17(2)16-28(24(30)22-12-18-5-3-4-6-19(18)14-26-22)21-11-20(13-25-15-21)23(29)27-7-9-31-10-8-27/h3-6,12,14,17,20-21,25H,7-11,13,15-16H2,1-2H3/p+1/t20-,21+/m1/s1. The smallest absolute Gasteiger partial charge is 0.338 e. The van der Waals surface area contributed by atoms with Crippen molar-refractivity contribution in [3.63, 3.8) is 0 Å². The van der Waals surface area contributed by atoms with Crippen molar-refractivity contribution in [3.8, 4) is 0 Å². The third-order valence-corrected chi connectivity index (χ3v) is 6.14. The SMILES string of the molecule is CC(C)CN(C(=O)c1cc2ccccc2cn1)[C@@H]1CNC[C@H](C(O)=[N+]2CCOCC2)C1. The molecule has 2 atom stereocenters. The van der Waals surface area contributed by atoms with Crippen LogP contribution in [0.4, 0.5) is 0 Å². The fraction of sp³-hybridized carbons (Fsp3) is 0.542. The van der Waals surface area contributed by atoms with Gasteiger partial charge in [0.05, 0.1) is 5.92 Å². The second kappa shape index (κ2) is 9.75. The van der Waals surface area contributed by atoms with Crippen LogP contribution in [0.5, 0.6) is 0 Å². The topological polar surface area (TPSA) is 77.7 Å². The van der Waals surface area contributed by atoms with Crippen LogP contribution in [0.1, 0.15) is 30.8 Å². The fourth-order valence-electron chi connectivity index (χ4n) is 4.54. The zero-order chi connectivity index (χ0) is 21.8. The summed E-state index contributed by atoms with van der Waals surface area (Å²) in [5.74, 6) is 0.699. The van der Waals surface area contributed by atoms with Gasteiger partial charge in [-0.15, -0.1) is 0 Å². The van der Waals surface area contributed by atoms with Crippen LogP contribution >= 0.6 is 0 Å². The molecular formula is C24H33N4O3+. The van der Waals surface area contributed by atoms with Crippen LogP contribution in [0, 0.1) is 11.8 Å². The minimum Gasteiger partial charge on any atom is -0.463 e. The summed E-state index contributed by atoms with van der Waals surface area (Å²) in [6.45, 7) is 9.05. The number of carbonyl (C=O) groups is 1. The molecule has 2 N–H and O–H groups in total. The Bertz CT molecular complexity index is 951. The molecular weight excluding hydrogens is 392 g/mol. The minimum absolute atomic E-state index is 0.00473. The molecule has 0 saturated carbocycles. The van der Waals surface area contributed by atoms with E-state index in [2.05, 4.69) is 24.1 Å². The van der Waals surface area contributed by atoms with Crippen molar-refractivity contribution < 1.29 is 19.2 Å². The third-order valence-electron chi connectivity index (χ3n) is 6.14. The number of amides is 1. The van der Waals surface area contributed by atoms with Crippen LogP contribution < -0.4 is 5.32 Å². The molecule has 0 bridgehead atoms. The molecule has 4 rings (SSSR count). The van der Waals surface area contributed by atoms with Crippen LogP contribution in [0.25, 0.3) is 10.8 Å². The lowest BCUT2D eigenvalue weighted by Crippen LogP contribution is -2.54. The number of piperidine rings is 1. The number of pyridine rings is 1. The quantitative estimate of drug-likeness (QED) is 0.568. The number of fused-ring (bicyclic) bond motifs is 1. The van der Waals surface area contributed by atoms with E-state index in [4.69, 9.17) is 4.74 Å². The molecule has 0 unspecified atom stereocenters. The lowest BCUT2D eigenvalue weighted by molar-refractivity contribution is -0.558. The number of aliphatic hydroxyl groups excluding tert-OH is 1. The summed E-state index contributed by atoms with van der Waals surface area (Å²) in [4.78, 5) is 20.0. The monoisotopic (exact) mass is 425 g/mol. The van der Waals surface area contributed by atoms with Gasteiger partial charge in [-0.05, 0) is 23.8 Å². The van der Waals surface area contributed by atoms with Crippen molar-refractivity contribution in [3.05, 3.63) is 42.2 Å². The summed E-state index contributed by atoms with van der Waals surface area (Å²) >= 11 is 0. The molecule has 1 aromatic heterocycles. The van der Waals surface area contributed by atoms with Gasteiger partial charge in [-0.2, -0.15) is 4.58 Å². The third kappa shape index (κ3) is 5.05. The van der Waals surface area contributed by atoms with E-state index in [0.717, 1.165) is 30.3 Å². The van der Waals surface area contributed by atoms with E-state index in [1.807, 2.05) is 39.8 Å². The van der Waals surface area contributed by atoms with E-state index in [0.29, 0.717) is 50.4 Å². The first-order valence-electron chi connectivity index (χ1n) is 11.3. The first-order chi connectivity index (χ1) is 15.0. The highest BCUT2D eigenvalue weighted by molar-refractivity contribution is 5.96. The molecule has 2 saturated heterocycles. The van der Waals surface area contributed by atoms with E-state index < -0.39 is 0 Å². The molecule has 2 aliphatic heterocycles. The summed E-state index contributed by atoms with van der Waals surface area (Å²) < 4.78 is 7.42. The highest BCUT2D eigenvalue weighted by atomic mass is 16.5. The van der Waals surface area contributed by atoms with Gasteiger partial charge < -0.3 is 20.1 Å². The largest absolute Gasteiger partial charge is 0.463 e. The Morgan fingerprint density at radius 3 is 2.74 bits per heavy atom. The summed E-state index contributed by atoms with van der Waals surface area (Å²) in [7, 11) is 0. The highest BCUT2D eigenvalue weighted by Gasteiger charge is 2.36. The number of rotatable bonds is 5. The molecule has 7 heteroatoms. The Morgan fingerprint density at radius 2 is 2.00 bits per heavy atom. The van der Waals surface area contributed by atoms with Gasteiger partial charge in [0.15, 0.2) is 13.1 Å². The van der Waals surface area contributed by atoms with Gasteiger partial charge in [-0.25, -0.2) is 0 Å². The second-order valence-electron chi connectivity index (χ2n) is 8.97. The van der Waals surface area contributed by atoms with E-state index in [9.17, 15) is 9.90 Å². The van der Waals surface area contributed by atoms with Crippen molar-refractivity contribution >= 4 is 22.6 Å². The molecule has 2 aromatic rings. The molecule has 1 aromatic carbocycles. The zero-order valence-corrected chi connectivity index (χ0v) is 18.5. The number of ether oxygens (including phenoxy) is 1. The first-order valence-corrected chi connectivity index (χ1v) is 11.3. The molecule has 3 heterocycles. The number of nitrogens with zero attached hydrogens (tertiary/aromatic N) is 3. The molecule has 7 nitrogen and oxygen atoms in total. The van der Waals surface area contributed by atoms with Crippen LogP contribution in [0.15, 0.2) is 36.5 Å². The summed E-state index contributed by atoms with van der Waals surface area (Å²) in [5, 5.41) is 16.4. The predicted molar refractivity (Wildman–Crippen MR) is 121 cm³/mol. The van der Waals surface area contributed by atoms with E-state index >= 15 is 0 Å². The maximum absolute atomic E-state index is 13.5. The number of nitrogens with one attached hydrogen (secondary N) is 1. The van der Waals surface area contributed by atoms with Crippen molar-refractivity contribution in [1.29, 1.82) is 0 Å². The maximum Gasteiger partial charge on any atom is 0.338 e. The van der Waals surface area contributed by atoms with E-state index in [-0.39, 0.29) is 17.9 Å². The zero-order valence-electron chi connectivity index (χ0n) is 18.5. The van der Waals surface area contributed by atoms with Crippen molar-refractivity contribution in [2.75, 3.05) is 45.9 Å². The highest BCUT2D eigenvalue weighted by Crippen LogP contribution is 2.22. The van der Waals surface area contributed by atoms with Gasteiger partial charge in [0.2, 0.25) is 0 Å². The van der Waals surface area contributed by atoms with Gasteiger partial charge in [0, 0.05) is 37.3 Å². The van der Waals surface area contributed by atoms with Crippen molar-refractivity contribution in [2.24, 2.45) is 11.8 Å². The summed E-state index contributed by atoms with van der Waals surface area (Å²) in [5.41, 5.74) is 0.475. The summed E-state index contributed by atoms with van der Waals surface area (Å²) in [6.07, 6.45) is 2.51. The Hall–Kier alpha value is -2.51. The first kappa shape index (κ1) is 21.7. The minimum atomic E-state index is -0.0437. The number of morpholine rings is 1. The van der Waals surface area contributed by atoms with Gasteiger partial charge in [0.25, 0.3) is 5.91 Å². The molecule has 2 fully saturated rings. The van der Waals surface area contributed by atoms with Gasteiger partial charge in [0.1, 0.15) is 18.9 Å². The van der Waals surface area contributed by atoms with Gasteiger partial charge >= 0.3 is 5.90 Å². The Labute approximate surface area is 183 Å². The van der Waals surface area contributed by atoms with Gasteiger partial charge in [-0.3, -0.25) is 9.78 Å². The summed E-state index contributed by atoms with van der Waals surface area (Å²) in [6, 6.07) is 9.85. The lowest BCUT2D eigenvalue weighted by Gasteiger charge is -2.37. The second-order valence-corrected chi connectivity index (χ2v) is 8.97. The fourth-order valence-corrected chi connectivity index (χ4v) is 4.54. The Kier molecular flexibility index (Phi) is 6.83. The van der Waals surface area contributed by atoms with Crippen LogP contribution in [-0.4, -0.2) is 83.4 Å². The molecule has 1 amide bonds.